The molecule has 0 unspecified atom stereocenters. The van der Waals surface area contributed by atoms with Crippen molar-refractivity contribution in [3.05, 3.63) is 33.3 Å². The number of halogens is 1. The fourth-order valence-electron chi connectivity index (χ4n) is 1.40. The summed E-state index contributed by atoms with van der Waals surface area (Å²) in [5, 5.41) is 37.7. The number of benzene rings is 1. The lowest BCUT2D eigenvalue weighted by Gasteiger charge is -2.28. The highest BCUT2D eigenvalue weighted by atomic mass is 35.5. The average Bonchev–Trinajstić information content (AvgIpc) is 2.45. The van der Waals surface area contributed by atoms with Crippen molar-refractivity contribution in [1.82, 2.24) is 4.72 Å². The molecule has 0 atom stereocenters. The molecule has 9 nitrogen and oxygen atoms in total. The van der Waals surface area contributed by atoms with Gasteiger partial charge in [0, 0.05) is 12.1 Å². The van der Waals surface area contributed by atoms with E-state index < -0.39 is 50.9 Å². The largest absolute Gasteiger partial charge is 0.394 e. The van der Waals surface area contributed by atoms with E-state index in [2.05, 4.69) is 0 Å². The summed E-state index contributed by atoms with van der Waals surface area (Å²) in [5.74, 6) is 0. The van der Waals surface area contributed by atoms with Gasteiger partial charge in [0.1, 0.15) is 10.4 Å². The number of hydrogen-bond donors (Lipinski definition) is 4. The number of rotatable bonds is 7. The van der Waals surface area contributed by atoms with E-state index in [-0.39, 0.29) is 5.02 Å². The molecule has 21 heavy (non-hydrogen) atoms. The van der Waals surface area contributed by atoms with Crippen LogP contribution in [0.2, 0.25) is 5.02 Å². The van der Waals surface area contributed by atoms with Gasteiger partial charge in [-0.1, -0.05) is 11.6 Å². The fourth-order valence-corrected chi connectivity index (χ4v) is 3.29. The number of hydrogen-bond acceptors (Lipinski definition) is 7. The summed E-state index contributed by atoms with van der Waals surface area (Å²) < 4.78 is 26.2. The molecule has 0 spiro atoms. The van der Waals surface area contributed by atoms with Gasteiger partial charge in [-0.05, 0) is 6.07 Å². The van der Waals surface area contributed by atoms with E-state index in [0.717, 1.165) is 18.2 Å². The minimum absolute atomic E-state index is 0.282. The van der Waals surface area contributed by atoms with Crippen molar-refractivity contribution in [1.29, 1.82) is 0 Å². The molecule has 0 bridgehead atoms. The first-order valence-corrected chi connectivity index (χ1v) is 7.38. The second-order valence-electron chi connectivity index (χ2n) is 4.23. The molecule has 0 radical (unpaired) electrons. The van der Waals surface area contributed by atoms with Gasteiger partial charge in [0.15, 0.2) is 0 Å². The van der Waals surface area contributed by atoms with Crippen LogP contribution < -0.4 is 4.72 Å². The van der Waals surface area contributed by atoms with Gasteiger partial charge in [-0.2, -0.15) is 4.72 Å². The Morgan fingerprint density at radius 1 is 1.24 bits per heavy atom. The van der Waals surface area contributed by atoms with Crippen molar-refractivity contribution < 1.29 is 28.7 Å². The van der Waals surface area contributed by atoms with Gasteiger partial charge in [-0.25, -0.2) is 8.42 Å². The molecule has 1 aromatic carbocycles. The van der Waals surface area contributed by atoms with Crippen LogP contribution in [-0.4, -0.2) is 54.0 Å². The number of nitrogens with one attached hydrogen (secondary N) is 1. The topological polar surface area (TPSA) is 150 Å². The number of nitro benzene ring substituents is 1. The number of aliphatic hydroxyl groups is 3. The lowest BCUT2D eigenvalue weighted by molar-refractivity contribution is -0.385. The van der Waals surface area contributed by atoms with E-state index in [0.29, 0.717) is 0 Å². The Morgan fingerprint density at radius 3 is 2.19 bits per heavy atom. The predicted octanol–water partition coefficient (Wildman–Crippen LogP) is -0.758. The Labute approximate surface area is 125 Å². The van der Waals surface area contributed by atoms with Crippen LogP contribution in [-0.2, 0) is 10.0 Å². The smallest absolute Gasteiger partial charge is 0.270 e. The molecular weight excluding hydrogens is 328 g/mol. The first-order valence-electron chi connectivity index (χ1n) is 5.52. The molecule has 11 heteroatoms. The van der Waals surface area contributed by atoms with Crippen LogP contribution >= 0.6 is 11.6 Å². The Hall–Kier alpha value is -1.30. The molecule has 1 aromatic rings. The van der Waals surface area contributed by atoms with Crippen LogP contribution in [0.4, 0.5) is 5.69 Å². The van der Waals surface area contributed by atoms with Gasteiger partial charge >= 0.3 is 0 Å². The highest BCUT2D eigenvalue weighted by Gasteiger charge is 2.35. The molecule has 0 heterocycles. The van der Waals surface area contributed by atoms with Gasteiger partial charge in [-0.15, -0.1) is 0 Å². The standard InChI is InChI=1S/C10H13ClN2O7S/c11-8-2-1-7(13(17)18)3-9(8)21(19,20)12-10(4-14,5-15)6-16/h1-3,12,14-16H,4-6H2. The van der Waals surface area contributed by atoms with Gasteiger partial charge in [-0.3, -0.25) is 10.1 Å². The predicted molar refractivity (Wildman–Crippen MR) is 72.4 cm³/mol. The molecule has 0 saturated heterocycles. The summed E-state index contributed by atoms with van der Waals surface area (Å²) in [6.45, 7) is -2.65. The Kier molecular flexibility index (Phi) is 5.61. The maximum atomic E-state index is 12.2. The molecule has 0 aliphatic rings. The van der Waals surface area contributed by atoms with E-state index in [1.807, 2.05) is 4.72 Å². The lowest BCUT2D eigenvalue weighted by atomic mass is 10.1. The summed E-state index contributed by atoms with van der Waals surface area (Å²) in [6.07, 6.45) is 0. The molecule has 0 amide bonds. The van der Waals surface area contributed by atoms with Gasteiger partial charge in [0.2, 0.25) is 10.0 Å². The van der Waals surface area contributed by atoms with E-state index in [1.165, 1.54) is 0 Å². The third kappa shape index (κ3) is 3.87. The first-order chi connectivity index (χ1) is 9.71. The molecule has 0 aliphatic heterocycles. The summed E-state index contributed by atoms with van der Waals surface area (Å²) in [5.41, 5.74) is -2.41. The third-order valence-corrected chi connectivity index (χ3v) is 4.73. The van der Waals surface area contributed by atoms with Crippen molar-refractivity contribution in [2.75, 3.05) is 19.8 Å². The molecule has 4 N–H and O–H groups in total. The number of nitro groups is 1. The highest BCUT2D eigenvalue weighted by molar-refractivity contribution is 7.89. The van der Waals surface area contributed by atoms with Crippen molar-refractivity contribution in [3.63, 3.8) is 0 Å². The van der Waals surface area contributed by atoms with Crippen LogP contribution in [0.1, 0.15) is 0 Å². The van der Waals surface area contributed by atoms with E-state index in [9.17, 15) is 18.5 Å². The fraction of sp³-hybridized carbons (Fsp3) is 0.400. The Balaban J connectivity index is 3.31. The summed E-state index contributed by atoms with van der Waals surface area (Å²) >= 11 is 5.71. The van der Waals surface area contributed by atoms with Crippen LogP contribution in [0.25, 0.3) is 0 Å². The Bertz CT molecular complexity index is 622. The maximum absolute atomic E-state index is 12.2. The van der Waals surface area contributed by atoms with Gasteiger partial charge in [0.25, 0.3) is 5.69 Å². The lowest BCUT2D eigenvalue weighted by Crippen LogP contribution is -2.56. The second-order valence-corrected chi connectivity index (χ2v) is 6.29. The summed E-state index contributed by atoms with van der Waals surface area (Å²) in [4.78, 5) is 9.27. The van der Waals surface area contributed by atoms with Crippen LogP contribution in [0, 0.1) is 10.1 Å². The highest BCUT2D eigenvalue weighted by Crippen LogP contribution is 2.27. The second kappa shape index (κ2) is 6.64. The normalized spacial score (nSPS) is 12.4. The van der Waals surface area contributed by atoms with Crippen LogP contribution in [0.15, 0.2) is 23.1 Å². The number of sulfonamides is 1. The minimum atomic E-state index is -4.41. The zero-order chi connectivity index (χ0) is 16.3. The third-order valence-electron chi connectivity index (χ3n) is 2.67. The summed E-state index contributed by atoms with van der Waals surface area (Å²) in [7, 11) is -4.41. The summed E-state index contributed by atoms with van der Waals surface area (Å²) in [6, 6.07) is 2.80. The number of non-ortho nitro benzene ring substituents is 1. The van der Waals surface area contributed by atoms with Crippen LogP contribution in [0.5, 0.6) is 0 Å². The van der Waals surface area contributed by atoms with E-state index in [4.69, 9.17) is 26.9 Å². The minimum Gasteiger partial charge on any atom is -0.394 e. The van der Waals surface area contributed by atoms with Crippen molar-refractivity contribution in [2.45, 2.75) is 10.4 Å². The van der Waals surface area contributed by atoms with Crippen molar-refractivity contribution in [3.8, 4) is 0 Å². The van der Waals surface area contributed by atoms with E-state index >= 15 is 0 Å². The average molecular weight is 341 g/mol. The number of nitrogens with zero attached hydrogens (tertiary/aromatic N) is 1. The first kappa shape index (κ1) is 17.8. The zero-order valence-corrected chi connectivity index (χ0v) is 12.1. The zero-order valence-electron chi connectivity index (χ0n) is 10.6. The van der Waals surface area contributed by atoms with Crippen molar-refractivity contribution in [2.24, 2.45) is 0 Å². The molecule has 118 valence electrons. The Morgan fingerprint density at radius 2 is 1.76 bits per heavy atom. The monoisotopic (exact) mass is 340 g/mol. The maximum Gasteiger partial charge on any atom is 0.270 e. The molecule has 0 aliphatic carbocycles. The van der Waals surface area contributed by atoms with Gasteiger partial charge in [0.05, 0.1) is 29.8 Å². The van der Waals surface area contributed by atoms with E-state index in [1.54, 1.807) is 0 Å². The number of aliphatic hydroxyl groups excluding tert-OH is 3. The molecular formula is C10H13ClN2O7S. The molecule has 0 fully saturated rings. The SMILES string of the molecule is O=[N+]([O-])c1ccc(Cl)c(S(=O)(=O)NC(CO)(CO)CO)c1. The molecule has 1 rings (SSSR count). The molecule has 0 aromatic heterocycles. The van der Waals surface area contributed by atoms with Gasteiger partial charge < -0.3 is 15.3 Å². The molecule has 0 saturated carbocycles. The quantitative estimate of drug-likeness (QED) is 0.376. The van der Waals surface area contributed by atoms with Crippen LogP contribution in [0.3, 0.4) is 0 Å². The van der Waals surface area contributed by atoms with Crippen molar-refractivity contribution >= 4 is 27.3 Å².